The van der Waals surface area contributed by atoms with E-state index in [1.54, 1.807) is 12.1 Å². The van der Waals surface area contributed by atoms with Gasteiger partial charge < -0.3 is 10.1 Å². The number of non-ortho nitro benzene ring substituents is 1. The Bertz CT molecular complexity index is 1150. The molecule has 0 spiro atoms. The SMILES string of the molecule is C=CCn1c(COc2cccc(C)c2C)nnc1SCC(=O)Nc1cccc([N+](=O)[O-])c1. The van der Waals surface area contributed by atoms with E-state index in [9.17, 15) is 14.9 Å². The molecule has 0 aliphatic heterocycles. The molecule has 1 N–H and O–H groups in total. The number of nitro benzene ring substituents is 1. The third kappa shape index (κ3) is 5.73. The van der Waals surface area contributed by atoms with Crippen LogP contribution in [0.15, 0.2) is 60.3 Å². The van der Waals surface area contributed by atoms with Gasteiger partial charge in [0.1, 0.15) is 12.4 Å². The molecule has 1 amide bonds. The molecule has 0 radical (unpaired) electrons. The van der Waals surface area contributed by atoms with Crippen molar-refractivity contribution in [1.29, 1.82) is 0 Å². The number of thioether (sulfide) groups is 1. The van der Waals surface area contributed by atoms with Crippen LogP contribution in [0, 0.1) is 24.0 Å². The van der Waals surface area contributed by atoms with Gasteiger partial charge in [-0.25, -0.2) is 0 Å². The van der Waals surface area contributed by atoms with Gasteiger partial charge in [0.15, 0.2) is 11.0 Å². The van der Waals surface area contributed by atoms with Gasteiger partial charge in [-0.2, -0.15) is 0 Å². The lowest BCUT2D eigenvalue weighted by Gasteiger charge is -2.12. The second-order valence-corrected chi connectivity index (χ2v) is 7.87. The maximum atomic E-state index is 12.3. The molecule has 0 fully saturated rings. The largest absolute Gasteiger partial charge is 0.485 e. The van der Waals surface area contributed by atoms with E-state index in [2.05, 4.69) is 22.1 Å². The van der Waals surface area contributed by atoms with Gasteiger partial charge in [-0.1, -0.05) is 36.0 Å². The zero-order valence-corrected chi connectivity index (χ0v) is 18.6. The average Bonchev–Trinajstić information content (AvgIpc) is 3.15. The van der Waals surface area contributed by atoms with Crippen LogP contribution in [0.5, 0.6) is 5.75 Å². The highest BCUT2D eigenvalue weighted by atomic mass is 32.2. The molecule has 32 heavy (non-hydrogen) atoms. The van der Waals surface area contributed by atoms with Crippen molar-refractivity contribution in [3.8, 4) is 5.75 Å². The summed E-state index contributed by atoms with van der Waals surface area (Å²) < 4.78 is 7.77. The molecule has 1 heterocycles. The Hall–Kier alpha value is -3.66. The van der Waals surface area contributed by atoms with Crippen LogP contribution in [0.3, 0.4) is 0 Å². The molecule has 0 aliphatic rings. The Morgan fingerprint density at radius 2 is 2.06 bits per heavy atom. The first-order valence-electron chi connectivity index (χ1n) is 9.78. The first kappa shape index (κ1) is 23.0. The lowest BCUT2D eigenvalue weighted by Crippen LogP contribution is -2.15. The first-order valence-corrected chi connectivity index (χ1v) is 10.8. The molecule has 10 heteroatoms. The van der Waals surface area contributed by atoms with Gasteiger partial charge >= 0.3 is 0 Å². The van der Waals surface area contributed by atoms with Crippen LogP contribution in [0.4, 0.5) is 11.4 Å². The second kappa shape index (κ2) is 10.6. The van der Waals surface area contributed by atoms with Crippen molar-refractivity contribution in [2.45, 2.75) is 32.2 Å². The molecular formula is C22H23N5O4S. The number of nitrogens with one attached hydrogen (secondary N) is 1. The normalized spacial score (nSPS) is 10.6. The summed E-state index contributed by atoms with van der Waals surface area (Å²) in [5, 5.41) is 22.5. The maximum absolute atomic E-state index is 12.3. The highest BCUT2D eigenvalue weighted by Gasteiger charge is 2.15. The van der Waals surface area contributed by atoms with E-state index in [-0.39, 0.29) is 24.0 Å². The molecule has 0 saturated heterocycles. The van der Waals surface area contributed by atoms with Crippen LogP contribution in [0.1, 0.15) is 17.0 Å². The van der Waals surface area contributed by atoms with E-state index in [0.717, 1.165) is 16.9 Å². The smallest absolute Gasteiger partial charge is 0.271 e. The van der Waals surface area contributed by atoms with Gasteiger partial charge in [-0.3, -0.25) is 19.5 Å². The van der Waals surface area contributed by atoms with E-state index < -0.39 is 4.92 Å². The zero-order valence-electron chi connectivity index (χ0n) is 17.8. The fourth-order valence-electron chi connectivity index (χ4n) is 2.89. The van der Waals surface area contributed by atoms with Gasteiger partial charge in [0, 0.05) is 24.4 Å². The third-order valence-corrected chi connectivity index (χ3v) is 5.66. The van der Waals surface area contributed by atoms with Crippen LogP contribution >= 0.6 is 11.8 Å². The van der Waals surface area contributed by atoms with Gasteiger partial charge in [0.2, 0.25) is 5.91 Å². The number of anilines is 1. The molecule has 0 atom stereocenters. The fraction of sp³-hybridized carbons (Fsp3) is 0.227. The Kier molecular flexibility index (Phi) is 7.61. The minimum absolute atomic E-state index is 0.0653. The molecule has 3 aromatic rings. The number of nitro groups is 1. The minimum Gasteiger partial charge on any atom is -0.485 e. The van der Waals surface area contributed by atoms with E-state index in [1.807, 2.05) is 36.6 Å². The summed E-state index contributed by atoms with van der Waals surface area (Å²) in [7, 11) is 0. The molecule has 1 aromatic heterocycles. The number of allylic oxidation sites excluding steroid dienone is 1. The Morgan fingerprint density at radius 3 is 2.81 bits per heavy atom. The number of hydrogen-bond donors (Lipinski definition) is 1. The third-order valence-electron chi connectivity index (χ3n) is 4.69. The topological polar surface area (TPSA) is 112 Å². The van der Waals surface area contributed by atoms with Gasteiger partial charge in [-0.05, 0) is 37.1 Å². The van der Waals surface area contributed by atoms with Gasteiger partial charge in [-0.15, -0.1) is 16.8 Å². The molecule has 166 valence electrons. The van der Waals surface area contributed by atoms with Gasteiger partial charge in [0.25, 0.3) is 5.69 Å². The molecular weight excluding hydrogens is 430 g/mol. The highest BCUT2D eigenvalue weighted by molar-refractivity contribution is 7.99. The number of aryl methyl sites for hydroxylation is 1. The van der Waals surface area contributed by atoms with Crippen LogP contribution in [-0.2, 0) is 17.9 Å². The molecule has 0 unspecified atom stereocenters. The predicted molar refractivity (Wildman–Crippen MR) is 123 cm³/mol. The number of carbonyl (C=O) groups excluding carboxylic acids is 1. The number of amides is 1. The molecule has 0 bridgehead atoms. The van der Waals surface area contributed by atoms with Crippen LogP contribution < -0.4 is 10.1 Å². The quantitative estimate of drug-likeness (QED) is 0.211. The summed E-state index contributed by atoms with van der Waals surface area (Å²) in [4.78, 5) is 22.7. The van der Waals surface area contributed by atoms with E-state index in [0.29, 0.717) is 23.2 Å². The highest BCUT2D eigenvalue weighted by Crippen LogP contribution is 2.23. The average molecular weight is 454 g/mol. The van der Waals surface area contributed by atoms with Crippen molar-refractivity contribution < 1.29 is 14.5 Å². The minimum atomic E-state index is -0.510. The van der Waals surface area contributed by atoms with Crippen molar-refractivity contribution in [2.24, 2.45) is 0 Å². The van der Waals surface area contributed by atoms with Crippen molar-refractivity contribution in [3.63, 3.8) is 0 Å². The number of benzene rings is 2. The summed E-state index contributed by atoms with van der Waals surface area (Å²) in [5.74, 6) is 1.16. The van der Waals surface area contributed by atoms with Crippen molar-refractivity contribution in [3.05, 3.63) is 82.2 Å². The van der Waals surface area contributed by atoms with Crippen molar-refractivity contribution >= 4 is 29.0 Å². The van der Waals surface area contributed by atoms with E-state index >= 15 is 0 Å². The first-order chi connectivity index (χ1) is 15.4. The summed E-state index contributed by atoms with van der Waals surface area (Å²) in [6, 6.07) is 11.7. The number of rotatable bonds is 10. The Morgan fingerprint density at radius 1 is 1.28 bits per heavy atom. The van der Waals surface area contributed by atoms with Crippen molar-refractivity contribution in [2.75, 3.05) is 11.1 Å². The second-order valence-electron chi connectivity index (χ2n) is 6.93. The maximum Gasteiger partial charge on any atom is 0.271 e. The van der Waals surface area contributed by atoms with E-state index in [4.69, 9.17) is 4.74 Å². The Balaban J connectivity index is 1.64. The lowest BCUT2D eigenvalue weighted by molar-refractivity contribution is -0.384. The number of carbonyl (C=O) groups is 1. The summed E-state index contributed by atoms with van der Waals surface area (Å²) >= 11 is 1.21. The summed E-state index contributed by atoms with van der Waals surface area (Å²) in [6.45, 7) is 8.49. The molecule has 9 nitrogen and oxygen atoms in total. The molecule has 2 aromatic carbocycles. The molecule has 3 rings (SSSR count). The Labute approximate surface area is 189 Å². The molecule has 0 saturated carbocycles. The summed E-state index contributed by atoms with van der Waals surface area (Å²) in [6.07, 6.45) is 1.72. The fourth-order valence-corrected chi connectivity index (χ4v) is 3.66. The summed E-state index contributed by atoms with van der Waals surface area (Å²) in [5.41, 5.74) is 2.48. The van der Waals surface area contributed by atoms with E-state index in [1.165, 1.54) is 30.0 Å². The van der Waals surface area contributed by atoms with Gasteiger partial charge in [0.05, 0.1) is 10.7 Å². The number of aromatic nitrogens is 3. The van der Waals surface area contributed by atoms with Crippen molar-refractivity contribution in [1.82, 2.24) is 14.8 Å². The zero-order chi connectivity index (χ0) is 23.1. The molecule has 0 aliphatic carbocycles. The monoisotopic (exact) mass is 453 g/mol. The standard InChI is InChI=1S/C22H23N5O4S/c1-4-11-26-20(13-31-19-10-5-7-15(2)16(19)3)24-25-22(26)32-14-21(28)23-17-8-6-9-18(12-17)27(29)30/h4-10,12H,1,11,13-14H2,2-3H3,(H,23,28). The number of nitrogens with zero attached hydrogens (tertiary/aromatic N) is 4. The number of hydrogen-bond acceptors (Lipinski definition) is 7. The van der Waals surface area contributed by atoms with Crippen LogP contribution in [-0.4, -0.2) is 31.3 Å². The van der Waals surface area contributed by atoms with Crippen LogP contribution in [0.25, 0.3) is 0 Å². The lowest BCUT2D eigenvalue weighted by atomic mass is 10.1. The predicted octanol–water partition coefficient (Wildman–Crippen LogP) is 4.30. The number of ether oxygens (including phenoxy) is 1. The van der Waals surface area contributed by atoms with Crippen LogP contribution in [0.2, 0.25) is 0 Å².